The van der Waals surface area contributed by atoms with Gasteiger partial charge in [-0.25, -0.2) is 4.79 Å². The Kier molecular flexibility index (Phi) is 5.90. The van der Waals surface area contributed by atoms with Crippen molar-refractivity contribution >= 4 is 23.5 Å². The third kappa shape index (κ3) is 5.45. The summed E-state index contributed by atoms with van der Waals surface area (Å²) in [5.41, 5.74) is 7.10. The molecule has 5 N–H and O–H groups in total. The third-order valence-electron chi connectivity index (χ3n) is 3.17. The molecule has 2 aromatic rings. The van der Waals surface area contributed by atoms with E-state index in [0.717, 1.165) is 5.56 Å². The van der Waals surface area contributed by atoms with Gasteiger partial charge in [0.25, 0.3) is 0 Å². The average molecular weight is 326 g/mol. The Hall–Kier alpha value is -3.35. The molecule has 0 fully saturated rings. The fourth-order valence-electron chi connectivity index (χ4n) is 1.93. The number of carbonyl (C=O) groups is 3. The molecule has 0 aliphatic rings. The van der Waals surface area contributed by atoms with Crippen molar-refractivity contribution in [1.82, 2.24) is 10.6 Å². The molecule has 7 nitrogen and oxygen atoms in total. The summed E-state index contributed by atoms with van der Waals surface area (Å²) in [6, 6.07) is 15.2. The van der Waals surface area contributed by atoms with Crippen molar-refractivity contribution in [2.24, 2.45) is 5.73 Å². The van der Waals surface area contributed by atoms with Gasteiger partial charge in [-0.3, -0.25) is 14.9 Å². The lowest BCUT2D eigenvalue weighted by Gasteiger charge is -2.08. The molecule has 0 atom stereocenters. The molecular weight excluding hydrogens is 308 g/mol. The van der Waals surface area contributed by atoms with Crippen molar-refractivity contribution in [2.45, 2.75) is 6.54 Å². The molecule has 0 spiro atoms. The maximum absolute atomic E-state index is 11.7. The first-order valence-corrected chi connectivity index (χ1v) is 7.30. The van der Waals surface area contributed by atoms with Crippen molar-refractivity contribution in [3.63, 3.8) is 0 Å². The number of amides is 4. The number of hydrogen-bond acceptors (Lipinski definition) is 4. The molecule has 0 unspecified atom stereocenters. The highest BCUT2D eigenvalue weighted by molar-refractivity contribution is 5.96. The second-order valence-corrected chi connectivity index (χ2v) is 5.01. The van der Waals surface area contributed by atoms with Gasteiger partial charge in [-0.1, -0.05) is 30.3 Å². The second kappa shape index (κ2) is 8.33. The van der Waals surface area contributed by atoms with Crippen molar-refractivity contribution in [3.8, 4) is 0 Å². The van der Waals surface area contributed by atoms with Gasteiger partial charge in [0.15, 0.2) is 0 Å². The van der Waals surface area contributed by atoms with Gasteiger partial charge in [-0.2, -0.15) is 0 Å². The van der Waals surface area contributed by atoms with E-state index in [2.05, 4.69) is 16.0 Å². The molecule has 0 aliphatic carbocycles. The molecule has 0 aromatic heterocycles. The Morgan fingerprint density at radius 3 is 2.21 bits per heavy atom. The summed E-state index contributed by atoms with van der Waals surface area (Å²) in [6.45, 7) is 0.261. The number of nitrogens with two attached hydrogens (primary N) is 1. The van der Waals surface area contributed by atoms with E-state index in [1.807, 2.05) is 30.3 Å². The Balaban J connectivity index is 1.72. The smallest absolute Gasteiger partial charge is 0.321 e. The van der Waals surface area contributed by atoms with Gasteiger partial charge >= 0.3 is 6.03 Å². The molecule has 0 radical (unpaired) electrons. The van der Waals surface area contributed by atoms with Crippen molar-refractivity contribution in [2.75, 3.05) is 11.9 Å². The van der Waals surface area contributed by atoms with E-state index in [1.165, 1.54) is 0 Å². The normalized spacial score (nSPS) is 9.83. The van der Waals surface area contributed by atoms with Crippen LogP contribution in [0.3, 0.4) is 0 Å². The molecule has 124 valence electrons. The molecule has 2 rings (SSSR count). The first kappa shape index (κ1) is 17.0. The van der Waals surface area contributed by atoms with Crippen LogP contribution >= 0.6 is 0 Å². The predicted octanol–water partition coefficient (Wildman–Crippen LogP) is 1.22. The lowest BCUT2D eigenvalue weighted by Crippen LogP contribution is -2.41. The molecule has 4 amide bonds. The monoisotopic (exact) mass is 326 g/mol. The summed E-state index contributed by atoms with van der Waals surface area (Å²) in [4.78, 5) is 34.3. The summed E-state index contributed by atoms with van der Waals surface area (Å²) < 4.78 is 0. The van der Waals surface area contributed by atoms with Crippen LogP contribution in [0.4, 0.5) is 10.5 Å². The Morgan fingerprint density at radius 1 is 0.917 bits per heavy atom. The number of benzene rings is 2. The van der Waals surface area contributed by atoms with E-state index in [4.69, 9.17) is 5.73 Å². The van der Waals surface area contributed by atoms with Gasteiger partial charge < -0.3 is 16.4 Å². The highest BCUT2D eigenvalue weighted by atomic mass is 16.2. The van der Waals surface area contributed by atoms with Crippen LogP contribution in [-0.2, 0) is 11.3 Å². The first-order chi connectivity index (χ1) is 11.5. The number of carbonyl (C=O) groups excluding carboxylic acids is 3. The summed E-state index contributed by atoms with van der Waals surface area (Å²) in [5, 5.41) is 7.67. The van der Waals surface area contributed by atoms with Gasteiger partial charge in [0.2, 0.25) is 11.8 Å². The van der Waals surface area contributed by atoms with Gasteiger partial charge in [-0.05, 0) is 29.8 Å². The molecule has 2 aromatic carbocycles. The number of anilines is 1. The summed E-state index contributed by atoms with van der Waals surface area (Å²) in [5.74, 6) is -0.992. The zero-order valence-electron chi connectivity index (χ0n) is 12.9. The molecule has 0 bridgehead atoms. The van der Waals surface area contributed by atoms with Crippen LogP contribution in [0.2, 0.25) is 0 Å². The van der Waals surface area contributed by atoms with Crippen molar-refractivity contribution in [3.05, 3.63) is 65.7 Å². The largest absolute Gasteiger partial charge is 0.376 e. The zero-order chi connectivity index (χ0) is 17.4. The highest BCUT2D eigenvalue weighted by Gasteiger charge is 2.07. The fourth-order valence-corrected chi connectivity index (χ4v) is 1.93. The quantitative estimate of drug-likeness (QED) is 0.639. The van der Waals surface area contributed by atoms with Crippen LogP contribution < -0.4 is 21.7 Å². The van der Waals surface area contributed by atoms with E-state index >= 15 is 0 Å². The van der Waals surface area contributed by atoms with E-state index in [-0.39, 0.29) is 6.54 Å². The molecule has 0 saturated heterocycles. The minimum absolute atomic E-state index is 0.0747. The third-order valence-corrected chi connectivity index (χ3v) is 3.17. The van der Waals surface area contributed by atoms with Gasteiger partial charge in [0.1, 0.15) is 0 Å². The van der Waals surface area contributed by atoms with Crippen LogP contribution in [0.25, 0.3) is 0 Å². The predicted molar refractivity (Wildman–Crippen MR) is 90.3 cm³/mol. The number of nitrogens with one attached hydrogen (secondary N) is 3. The van der Waals surface area contributed by atoms with Crippen LogP contribution in [0, 0.1) is 0 Å². The van der Waals surface area contributed by atoms with Crippen LogP contribution in [0.1, 0.15) is 15.9 Å². The second-order valence-electron chi connectivity index (χ2n) is 5.01. The van der Waals surface area contributed by atoms with Crippen LogP contribution in [-0.4, -0.2) is 24.4 Å². The maximum Gasteiger partial charge on any atom is 0.321 e. The van der Waals surface area contributed by atoms with Crippen molar-refractivity contribution < 1.29 is 14.4 Å². The Bertz CT molecular complexity index is 714. The van der Waals surface area contributed by atoms with Crippen molar-refractivity contribution in [1.29, 1.82) is 0 Å². The molecule has 0 saturated carbocycles. The number of urea groups is 1. The zero-order valence-corrected chi connectivity index (χ0v) is 12.9. The number of rotatable bonds is 6. The number of imide groups is 1. The van der Waals surface area contributed by atoms with E-state index < -0.39 is 17.8 Å². The Labute approximate surface area is 139 Å². The summed E-state index contributed by atoms with van der Waals surface area (Å²) in [7, 11) is 0. The van der Waals surface area contributed by atoms with Crippen LogP contribution in [0.5, 0.6) is 0 Å². The highest BCUT2D eigenvalue weighted by Crippen LogP contribution is 2.08. The molecule has 0 aliphatic heterocycles. The summed E-state index contributed by atoms with van der Waals surface area (Å²) >= 11 is 0. The molecule has 0 heterocycles. The lowest BCUT2D eigenvalue weighted by molar-refractivity contribution is -0.118. The summed E-state index contributed by atoms with van der Waals surface area (Å²) in [6.07, 6.45) is 0. The Morgan fingerprint density at radius 2 is 1.58 bits per heavy atom. The average Bonchev–Trinajstić information content (AvgIpc) is 2.59. The minimum atomic E-state index is -0.560. The number of primary amides is 1. The van der Waals surface area contributed by atoms with E-state index in [1.54, 1.807) is 24.3 Å². The molecule has 24 heavy (non-hydrogen) atoms. The van der Waals surface area contributed by atoms with Gasteiger partial charge in [-0.15, -0.1) is 0 Å². The lowest BCUT2D eigenvalue weighted by atomic mass is 10.2. The topological polar surface area (TPSA) is 113 Å². The molecule has 7 heteroatoms. The van der Waals surface area contributed by atoms with Crippen LogP contribution in [0.15, 0.2) is 54.6 Å². The maximum atomic E-state index is 11.7. The SMILES string of the molecule is NC(=O)c1ccc(NCC(=O)NC(=O)NCc2ccccc2)cc1. The van der Waals surface area contributed by atoms with Gasteiger partial charge in [0.05, 0.1) is 6.54 Å². The van der Waals surface area contributed by atoms with Gasteiger partial charge in [0, 0.05) is 17.8 Å². The minimum Gasteiger partial charge on any atom is -0.376 e. The fraction of sp³-hybridized carbons (Fsp3) is 0.118. The number of hydrogen-bond donors (Lipinski definition) is 4. The van der Waals surface area contributed by atoms with E-state index in [0.29, 0.717) is 17.8 Å². The standard InChI is InChI=1S/C17H18N4O3/c18-16(23)13-6-8-14(9-7-13)19-11-15(22)21-17(24)20-10-12-4-2-1-3-5-12/h1-9,19H,10-11H2,(H2,18,23)(H2,20,21,22,24). The molecular formula is C17H18N4O3. The first-order valence-electron chi connectivity index (χ1n) is 7.30. The van der Waals surface area contributed by atoms with E-state index in [9.17, 15) is 14.4 Å².